The van der Waals surface area contributed by atoms with Gasteiger partial charge < -0.3 is 0 Å². The van der Waals surface area contributed by atoms with Crippen molar-refractivity contribution in [3.63, 3.8) is 0 Å². The summed E-state index contributed by atoms with van der Waals surface area (Å²) < 4.78 is 0. The maximum absolute atomic E-state index is 4.17. The molecule has 1 radical (unpaired) electrons. The number of rotatable bonds is 0. The van der Waals surface area contributed by atoms with E-state index < -0.39 is 0 Å². The second-order valence-corrected chi connectivity index (χ2v) is 3.91. The lowest BCUT2D eigenvalue weighted by atomic mass is 9.98. The molecule has 0 heteroatoms. The summed E-state index contributed by atoms with van der Waals surface area (Å²) in [5, 5.41) is 0. The van der Waals surface area contributed by atoms with E-state index in [0.717, 1.165) is 0 Å². The van der Waals surface area contributed by atoms with Crippen molar-refractivity contribution in [1.29, 1.82) is 0 Å². The zero-order valence-corrected chi connectivity index (χ0v) is 8.10. The fraction of sp³-hybridized carbons (Fsp3) is 0.750. The molecule has 0 N–H and O–H groups in total. The van der Waals surface area contributed by atoms with Gasteiger partial charge in [-0.15, -0.1) is 0 Å². The number of hydrogen-bond donors (Lipinski definition) is 0. The molecule has 1 rings (SSSR count). The summed E-state index contributed by atoms with van der Waals surface area (Å²) in [6.07, 6.45) is 15.5. The first kappa shape index (κ1) is 9.83. The maximum Gasteiger partial charge on any atom is -0.0348 e. The molecule has 1 atom stereocenters. The number of allylic oxidation sites excluding steroid dienone is 2. The zero-order chi connectivity index (χ0) is 8.65. The van der Waals surface area contributed by atoms with Crippen molar-refractivity contribution in [2.24, 2.45) is 5.92 Å². The van der Waals surface area contributed by atoms with E-state index in [0.29, 0.717) is 5.92 Å². The first-order valence-electron chi connectivity index (χ1n) is 5.37. The van der Waals surface area contributed by atoms with Gasteiger partial charge >= 0.3 is 0 Å². The predicted octanol–water partition coefficient (Wildman–Crippen LogP) is 4.13. The van der Waals surface area contributed by atoms with Crippen molar-refractivity contribution in [3.8, 4) is 0 Å². The van der Waals surface area contributed by atoms with Crippen molar-refractivity contribution >= 4 is 0 Å². The molecule has 69 valence electrons. The van der Waals surface area contributed by atoms with Crippen LogP contribution in [0.2, 0.25) is 0 Å². The summed E-state index contributed by atoms with van der Waals surface area (Å²) in [5.74, 6) is 0.702. The molecule has 0 aromatic heterocycles. The summed E-state index contributed by atoms with van der Waals surface area (Å²) in [7, 11) is 0. The third kappa shape index (κ3) is 4.58. The molecular formula is C12H21. The van der Waals surface area contributed by atoms with Gasteiger partial charge in [0.05, 0.1) is 0 Å². The smallest absolute Gasteiger partial charge is 0.0348 e. The first-order chi connectivity index (χ1) is 5.89. The molecule has 1 unspecified atom stereocenters. The normalized spacial score (nSPS) is 30.6. The van der Waals surface area contributed by atoms with E-state index in [1.807, 2.05) is 0 Å². The monoisotopic (exact) mass is 165 g/mol. The predicted molar refractivity (Wildman–Crippen MR) is 54.9 cm³/mol. The van der Waals surface area contributed by atoms with Gasteiger partial charge in [-0.1, -0.05) is 44.8 Å². The molecule has 0 amide bonds. The van der Waals surface area contributed by atoms with Crippen molar-refractivity contribution in [2.75, 3.05) is 0 Å². The average Bonchev–Trinajstić information content (AvgIpc) is 2.11. The van der Waals surface area contributed by atoms with E-state index in [4.69, 9.17) is 0 Å². The summed E-state index contributed by atoms with van der Waals surface area (Å²) in [6.45, 7) is 4.17. The second-order valence-electron chi connectivity index (χ2n) is 3.91. The standard InChI is InChI=1S/C12H21/c1-12-10-8-6-4-2-3-5-7-9-11-12/h4,6,12H,1-3,5,7-11H2/b6-4-. The van der Waals surface area contributed by atoms with E-state index in [1.54, 1.807) is 0 Å². The van der Waals surface area contributed by atoms with Gasteiger partial charge in [0.15, 0.2) is 0 Å². The fourth-order valence-corrected chi connectivity index (χ4v) is 1.76. The third-order valence-corrected chi connectivity index (χ3v) is 2.64. The topological polar surface area (TPSA) is 0 Å². The van der Waals surface area contributed by atoms with Crippen molar-refractivity contribution in [3.05, 3.63) is 19.1 Å². The molecule has 0 heterocycles. The van der Waals surface area contributed by atoms with E-state index in [9.17, 15) is 0 Å². The minimum absolute atomic E-state index is 0.702. The van der Waals surface area contributed by atoms with Crippen molar-refractivity contribution < 1.29 is 0 Å². The minimum atomic E-state index is 0.702. The molecule has 0 fully saturated rings. The molecule has 0 saturated carbocycles. The summed E-state index contributed by atoms with van der Waals surface area (Å²) in [5.41, 5.74) is 0. The highest BCUT2D eigenvalue weighted by molar-refractivity contribution is 4.83. The molecule has 0 bridgehead atoms. The largest absolute Gasteiger partial charge is 0.0885 e. The van der Waals surface area contributed by atoms with Gasteiger partial charge in [0, 0.05) is 0 Å². The average molecular weight is 165 g/mol. The Morgan fingerprint density at radius 1 is 0.833 bits per heavy atom. The highest BCUT2D eigenvalue weighted by Crippen LogP contribution is 2.17. The molecule has 0 nitrogen and oxygen atoms in total. The summed E-state index contributed by atoms with van der Waals surface area (Å²) >= 11 is 0. The van der Waals surface area contributed by atoms with Gasteiger partial charge in [-0.25, -0.2) is 0 Å². The van der Waals surface area contributed by atoms with Crippen molar-refractivity contribution in [1.82, 2.24) is 0 Å². The quantitative estimate of drug-likeness (QED) is 0.473. The Balaban J connectivity index is 2.22. The lowest BCUT2D eigenvalue weighted by Crippen LogP contribution is -1.93. The molecule has 0 aliphatic heterocycles. The molecule has 12 heavy (non-hydrogen) atoms. The van der Waals surface area contributed by atoms with Gasteiger partial charge in [0.25, 0.3) is 0 Å². The van der Waals surface area contributed by atoms with Crippen LogP contribution >= 0.6 is 0 Å². The Bertz CT molecular complexity index is 124. The van der Waals surface area contributed by atoms with Gasteiger partial charge in [-0.3, -0.25) is 0 Å². The molecule has 0 saturated heterocycles. The van der Waals surface area contributed by atoms with Crippen LogP contribution in [0.4, 0.5) is 0 Å². The van der Waals surface area contributed by atoms with Crippen LogP contribution in [0.25, 0.3) is 0 Å². The van der Waals surface area contributed by atoms with Crippen LogP contribution in [0.5, 0.6) is 0 Å². The zero-order valence-electron chi connectivity index (χ0n) is 8.10. The van der Waals surface area contributed by atoms with Crippen LogP contribution in [-0.4, -0.2) is 0 Å². The van der Waals surface area contributed by atoms with Gasteiger partial charge in [-0.05, 0) is 31.6 Å². The third-order valence-electron chi connectivity index (χ3n) is 2.64. The van der Waals surface area contributed by atoms with E-state index in [-0.39, 0.29) is 0 Å². The SMILES string of the molecule is [CH2]C1CC/C=C\CCCCCC1. The fourth-order valence-electron chi connectivity index (χ4n) is 1.76. The summed E-state index contributed by atoms with van der Waals surface area (Å²) in [6, 6.07) is 0. The number of hydrogen-bond acceptors (Lipinski definition) is 0. The first-order valence-corrected chi connectivity index (χ1v) is 5.37. The van der Waals surface area contributed by atoms with Crippen molar-refractivity contribution in [2.45, 2.75) is 51.4 Å². The Morgan fingerprint density at radius 2 is 1.58 bits per heavy atom. The van der Waals surface area contributed by atoms with Crippen LogP contribution in [0.15, 0.2) is 12.2 Å². The van der Waals surface area contributed by atoms with E-state index in [2.05, 4.69) is 19.1 Å². The second kappa shape index (κ2) is 6.28. The highest BCUT2D eigenvalue weighted by atomic mass is 14.1. The van der Waals surface area contributed by atoms with Gasteiger partial charge in [-0.2, -0.15) is 0 Å². The lowest BCUT2D eigenvalue weighted by molar-refractivity contribution is 0.502. The molecule has 0 aromatic carbocycles. The Labute approximate surface area is 77.1 Å². The Kier molecular flexibility index (Phi) is 5.14. The van der Waals surface area contributed by atoms with E-state index >= 15 is 0 Å². The van der Waals surface area contributed by atoms with E-state index in [1.165, 1.54) is 51.4 Å². The molecule has 0 spiro atoms. The Hall–Kier alpha value is -0.260. The van der Waals surface area contributed by atoms with Gasteiger partial charge in [0.1, 0.15) is 0 Å². The van der Waals surface area contributed by atoms with Gasteiger partial charge in [0.2, 0.25) is 0 Å². The van der Waals surface area contributed by atoms with Crippen LogP contribution in [0.1, 0.15) is 51.4 Å². The van der Waals surface area contributed by atoms with Crippen LogP contribution in [0, 0.1) is 12.8 Å². The minimum Gasteiger partial charge on any atom is -0.0885 e. The molecule has 1 aliphatic rings. The Morgan fingerprint density at radius 3 is 2.50 bits per heavy atom. The maximum atomic E-state index is 4.17. The molecule has 1 aliphatic carbocycles. The van der Waals surface area contributed by atoms with Crippen LogP contribution < -0.4 is 0 Å². The lowest BCUT2D eigenvalue weighted by Gasteiger charge is -2.08. The van der Waals surface area contributed by atoms with Crippen LogP contribution in [-0.2, 0) is 0 Å². The highest BCUT2D eigenvalue weighted by Gasteiger charge is 2.01. The summed E-state index contributed by atoms with van der Waals surface area (Å²) in [4.78, 5) is 0. The van der Waals surface area contributed by atoms with Crippen LogP contribution in [0.3, 0.4) is 0 Å². The molecule has 0 aromatic rings. The molecular weight excluding hydrogens is 144 g/mol.